The Morgan fingerprint density at radius 2 is 1.31 bits per heavy atom. The maximum atomic E-state index is 6.03. The zero-order chi connectivity index (χ0) is 12.6. The minimum absolute atomic E-state index is 0.212. The maximum absolute atomic E-state index is 6.03. The Bertz CT molecular complexity index is 210. The first kappa shape index (κ1) is 14.2. The van der Waals surface area contributed by atoms with Gasteiger partial charge >= 0.3 is 9.36 Å². The number of nitrogens with zero attached hydrogens (tertiary/aromatic N) is 2. The highest BCUT2D eigenvalue weighted by atomic mass is 28.3. The molecule has 1 heterocycles. The summed E-state index contributed by atoms with van der Waals surface area (Å²) < 4.78 is 11.1. The van der Waals surface area contributed by atoms with Crippen molar-refractivity contribution in [3.63, 3.8) is 0 Å². The standard InChI is InChI=1S/C12H27N2OSi/c1-8-15-16-13(11(2,3)4)9-10-14(16)12(5,6)7/h8-10H2,1-7H3. The number of rotatable bonds is 2. The van der Waals surface area contributed by atoms with Gasteiger partial charge in [0, 0.05) is 30.8 Å². The van der Waals surface area contributed by atoms with E-state index in [0.717, 1.165) is 19.7 Å². The van der Waals surface area contributed by atoms with E-state index in [1.165, 1.54) is 0 Å². The van der Waals surface area contributed by atoms with Gasteiger partial charge in [0.25, 0.3) is 0 Å². The van der Waals surface area contributed by atoms with Crippen molar-refractivity contribution in [1.29, 1.82) is 0 Å². The van der Waals surface area contributed by atoms with E-state index in [1.807, 2.05) is 0 Å². The third-order valence-corrected chi connectivity index (χ3v) is 6.16. The van der Waals surface area contributed by atoms with Gasteiger partial charge in [-0.15, -0.1) is 0 Å². The molecule has 0 aromatic rings. The Kier molecular flexibility index (Phi) is 4.22. The molecule has 1 aliphatic rings. The molecule has 1 aliphatic heterocycles. The van der Waals surface area contributed by atoms with Crippen molar-refractivity contribution in [2.45, 2.75) is 59.5 Å². The van der Waals surface area contributed by atoms with Gasteiger partial charge in [0.05, 0.1) is 0 Å². The predicted octanol–water partition coefficient (Wildman–Crippen LogP) is 2.22. The van der Waals surface area contributed by atoms with Crippen LogP contribution >= 0.6 is 0 Å². The zero-order valence-electron chi connectivity index (χ0n) is 11.9. The highest BCUT2D eigenvalue weighted by Gasteiger charge is 2.46. The van der Waals surface area contributed by atoms with Gasteiger partial charge in [-0.05, 0) is 48.5 Å². The van der Waals surface area contributed by atoms with Crippen LogP contribution < -0.4 is 0 Å². The zero-order valence-corrected chi connectivity index (χ0v) is 12.9. The predicted molar refractivity (Wildman–Crippen MR) is 70.3 cm³/mol. The molecular formula is C12H27N2OSi. The smallest absolute Gasteiger partial charge is 0.391 e. The summed E-state index contributed by atoms with van der Waals surface area (Å²) in [5, 5.41) is 0. The van der Waals surface area contributed by atoms with E-state index in [2.05, 4.69) is 57.6 Å². The van der Waals surface area contributed by atoms with Gasteiger partial charge in [0.2, 0.25) is 0 Å². The molecule has 1 saturated heterocycles. The molecule has 0 aromatic heterocycles. The molecule has 4 heteroatoms. The Balaban J connectivity index is 2.85. The lowest BCUT2D eigenvalue weighted by atomic mass is 10.1. The molecule has 0 saturated carbocycles. The van der Waals surface area contributed by atoms with Crippen LogP contribution in [-0.4, -0.2) is 49.3 Å². The topological polar surface area (TPSA) is 15.7 Å². The van der Waals surface area contributed by atoms with Gasteiger partial charge in [-0.2, -0.15) is 0 Å². The Morgan fingerprint density at radius 1 is 0.938 bits per heavy atom. The molecular weight excluding hydrogens is 216 g/mol. The molecule has 0 spiro atoms. The van der Waals surface area contributed by atoms with E-state index in [1.54, 1.807) is 0 Å². The minimum Gasteiger partial charge on any atom is -0.391 e. The van der Waals surface area contributed by atoms with Crippen LogP contribution in [0.3, 0.4) is 0 Å². The lowest BCUT2D eigenvalue weighted by molar-refractivity contribution is 0.175. The lowest BCUT2D eigenvalue weighted by Crippen LogP contribution is -2.58. The van der Waals surface area contributed by atoms with Crippen LogP contribution in [0, 0.1) is 0 Å². The summed E-state index contributed by atoms with van der Waals surface area (Å²) in [6.07, 6.45) is 0. The van der Waals surface area contributed by atoms with Crippen LogP contribution in [0.25, 0.3) is 0 Å². The summed E-state index contributed by atoms with van der Waals surface area (Å²) in [6, 6.07) is 0. The third-order valence-electron chi connectivity index (χ3n) is 2.90. The molecule has 95 valence electrons. The molecule has 16 heavy (non-hydrogen) atoms. The summed E-state index contributed by atoms with van der Waals surface area (Å²) in [6.45, 7) is 18.9. The van der Waals surface area contributed by atoms with Crippen molar-refractivity contribution >= 4 is 9.36 Å². The van der Waals surface area contributed by atoms with Crippen LogP contribution in [0.1, 0.15) is 48.5 Å². The Hall–Kier alpha value is 0.0969. The van der Waals surface area contributed by atoms with Gasteiger partial charge in [0.1, 0.15) is 0 Å². The second kappa shape index (κ2) is 4.76. The maximum Gasteiger partial charge on any atom is 0.408 e. The van der Waals surface area contributed by atoms with Crippen LogP contribution in [0.2, 0.25) is 0 Å². The largest absolute Gasteiger partial charge is 0.408 e. The summed E-state index contributed by atoms with van der Waals surface area (Å²) in [4.78, 5) is 0. The van der Waals surface area contributed by atoms with Gasteiger partial charge < -0.3 is 4.43 Å². The average Bonchev–Trinajstić information content (AvgIpc) is 2.46. The second-order valence-corrected chi connectivity index (χ2v) is 8.29. The van der Waals surface area contributed by atoms with E-state index in [9.17, 15) is 0 Å². The first-order valence-corrected chi connectivity index (χ1v) is 7.53. The number of hydrogen-bond donors (Lipinski definition) is 0. The van der Waals surface area contributed by atoms with Crippen LogP contribution in [0.15, 0.2) is 0 Å². The molecule has 1 fully saturated rings. The molecule has 0 aromatic carbocycles. The fourth-order valence-electron chi connectivity index (χ4n) is 2.07. The lowest BCUT2D eigenvalue weighted by Gasteiger charge is -2.39. The molecule has 1 rings (SSSR count). The first-order chi connectivity index (χ1) is 7.18. The molecule has 0 N–H and O–H groups in total. The van der Waals surface area contributed by atoms with Crippen molar-refractivity contribution in [1.82, 2.24) is 9.13 Å². The molecule has 0 bridgehead atoms. The Morgan fingerprint density at radius 3 is 1.56 bits per heavy atom. The quantitative estimate of drug-likeness (QED) is 0.692. The van der Waals surface area contributed by atoms with E-state index in [4.69, 9.17) is 4.43 Å². The highest BCUT2D eigenvalue weighted by molar-refractivity contribution is 6.46. The summed E-state index contributed by atoms with van der Waals surface area (Å²) in [5.41, 5.74) is 0.424. The van der Waals surface area contributed by atoms with E-state index in [0.29, 0.717) is 0 Å². The van der Waals surface area contributed by atoms with Gasteiger partial charge in [-0.1, -0.05) is 0 Å². The van der Waals surface area contributed by atoms with E-state index >= 15 is 0 Å². The third kappa shape index (κ3) is 3.06. The molecule has 1 radical (unpaired) electrons. The van der Waals surface area contributed by atoms with Crippen molar-refractivity contribution in [3.05, 3.63) is 0 Å². The first-order valence-electron chi connectivity index (χ1n) is 6.23. The average molecular weight is 243 g/mol. The number of hydrogen-bond acceptors (Lipinski definition) is 3. The van der Waals surface area contributed by atoms with Gasteiger partial charge in [-0.25, -0.2) is 0 Å². The fourth-order valence-corrected chi connectivity index (χ4v) is 4.66. The van der Waals surface area contributed by atoms with Crippen LogP contribution in [-0.2, 0) is 4.43 Å². The highest BCUT2D eigenvalue weighted by Crippen LogP contribution is 2.27. The van der Waals surface area contributed by atoms with Crippen molar-refractivity contribution in [2.75, 3.05) is 19.7 Å². The van der Waals surface area contributed by atoms with Crippen LogP contribution in [0.5, 0.6) is 0 Å². The van der Waals surface area contributed by atoms with Crippen molar-refractivity contribution < 1.29 is 4.43 Å². The summed E-state index contributed by atoms with van der Waals surface area (Å²) >= 11 is 0. The Labute approximate surface area is 103 Å². The second-order valence-electron chi connectivity index (χ2n) is 6.36. The monoisotopic (exact) mass is 243 g/mol. The van der Waals surface area contributed by atoms with Crippen LogP contribution in [0.4, 0.5) is 0 Å². The summed E-state index contributed by atoms with van der Waals surface area (Å²) in [7, 11) is -0.988. The molecule has 0 amide bonds. The van der Waals surface area contributed by atoms with E-state index in [-0.39, 0.29) is 11.1 Å². The SMILES string of the molecule is CCO[Si]1N(C(C)(C)C)CCN1C(C)(C)C. The van der Waals surface area contributed by atoms with Gasteiger partial charge in [0.15, 0.2) is 0 Å². The van der Waals surface area contributed by atoms with Crippen molar-refractivity contribution in [3.8, 4) is 0 Å². The summed E-state index contributed by atoms with van der Waals surface area (Å²) in [5.74, 6) is 0. The fraction of sp³-hybridized carbons (Fsp3) is 1.00. The molecule has 3 nitrogen and oxygen atoms in total. The van der Waals surface area contributed by atoms with E-state index < -0.39 is 9.36 Å². The van der Waals surface area contributed by atoms with Crippen molar-refractivity contribution in [2.24, 2.45) is 0 Å². The molecule has 0 aliphatic carbocycles. The molecule has 0 atom stereocenters. The van der Waals surface area contributed by atoms with Gasteiger partial charge in [-0.3, -0.25) is 9.13 Å². The molecule has 0 unspecified atom stereocenters. The minimum atomic E-state index is -0.988. The normalized spacial score (nSPS) is 21.9.